The van der Waals surface area contributed by atoms with Crippen molar-refractivity contribution in [3.05, 3.63) is 36.4 Å². The maximum atomic E-state index is 11.3. The predicted octanol–water partition coefficient (Wildman–Crippen LogP) is 0.111. The molecule has 0 aromatic carbocycles. The summed E-state index contributed by atoms with van der Waals surface area (Å²) in [6.07, 6.45) is 6.71. The molecule has 0 aliphatic rings. The van der Waals surface area contributed by atoms with Crippen LogP contribution in [-0.2, 0) is 20.8 Å². The lowest BCUT2D eigenvalue weighted by Crippen LogP contribution is -2.41. The number of nitrogens with zero attached hydrogens (tertiary/aromatic N) is 4. The monoisotopic (exact) mass is 295 g/mol. The fourth-order valence-corrected chi connectivity index (χ4v) is 2.22. The zero-order valence-corrected chi connectivity index (χ0v) is 12.0. The van der Waals surface area contributed by atoms with Crippen LogP contribution in [0.4, 0.5) is 0 Å². The van der Waals surface area contributed by atoms with Crippen LogP contribution in [0.1, 0.15) is 5.56 Å². The van der Waals surface area contributed by atoms with E-state index in [1.807, 2.05) is 6.92 Å². The van der Waals surface area contributed by atoms with Crippen LogP contribution in [0.5, 0.6) is 0 Å². The number of rotatable bonds is 5. The zero-order valence-electron chi connectivity index (χ0n) is 11.2. The Balaban J connectivity index is 2.19. The Hall–Kier alpha value is -1.93. The maximum absolute atomic E-state index is 11.3. The van der Waals surface area contributed by atoms with Gasteiger partial charge in [-0.15, -0.1) is 0 Å². The van der Waals surface area contributed by atoms with Crippen molar-refractivity contribution in [3.63, 3.8) is 0 Å². The highest BCUT2D eigenvalue weighted by molar-refractivity contribution is 7.86. The lowest BCUT2D eigenvalue weighted by molar-refractivity contribution is -0.750. The molecule has 0 N–H and O–H groups in total. The molecule has 2 heterocycles. The first-order valence-corrected chi connectivity index (χ1v) is 7.51. The Kier molecular flexibility index (Phi) is 4.35. The van der Waals surface area contributed by atoms with E-state index in [0.29, 0.717) is 5.82 Å². The van der Waals surface area contributed by atoms with E-state index >= 15 is 0 Å². The predicted molar refractivity (Wildman–Crippen MR) is 71.0 cm³/mol. The van der Waals surface area contributed by atoms with E-state index in [9.17, 15) is 8.42 Å². The summed E-state index contributed by atoms with van der Waals surface area (Å²) in [5, 5.41) is 4.17. The summed E-state index contributed by atoms with van der Waals surface area (Å²) in [6.45, 7) is 2.13. The molecular formula is C12H15N4O3S+. The minimum atomic E-state index is -3.48. The van der Waals surface area contributed by atoms with Gasteiger partial charge in [0, 0.05) is 18.0 Å². The van der Waals surface area contributed by atoms with Gasteiger partial charge in [0.1, 0.15) is 11.9 Å². The van der Waals surface area contributed by atoms with E-state index in [1.54, 1.807) is 35.5 Å². The highest BCUT2D eigenvalue weighted by Gasteiger charge is 2.16. The topological polar surface area (TPSA) is 85.9 Å². The Morgan fingerprint density at radius 3 is 2.60 bits per heavy atom. The van der Waals surface area contributed by atoms with Crippen molar-refractivity contribution in [2.75, 3.05) is 12.9 Å². The van der Waals surface area contributed by atoms with Gasteiger partial charge in [-0.05, 0) is 18.1 Å². The van der Waals surface area contributed by atoms with Gasteiger partial charge in [-0.1, -0.05) is 4.68 Å². The Morgan fingerprint density at radius 1 is 1.30 bits per heavy atom. The quantitative estimate of drug-likeness (QED) is 0.575. The second-order valence-corrected chi connectivity index (χ2v) is 5.99. The molecule has 0 atom stereocenters. The molecular weight excluding hydrogens is 280 g/mol. The summed E-state index contributed by atoms with van der Waals surface area (Å²) in [5.74, 6) is 0.469. The van der Waals surface area contributed by atoms with Crippen molar-refractivity contribution in [3.8, 4) is 11.4 Å². The smallest absolute Gasteiger partial charge is 0.273 e. The van der Waals surface area contributed by atoms with Gasteiger partial charge >= 0.3 is 0 Å². The highest BCUT2D eigenvalue weighted by Crippen LogP contribution is 2.15. The van der Waals surface area contributed by atoms with E-state index in [4.69, 9.17) is 0 Å². The average molecular weight is 295 g/mol. The summed E-state index contributed by atoms with van der Waals surface area (Å²) in [7, 11) is -2.33. The molecule has 0 amide bonds. The van der Waals surface area contributed by atoms with Crippen molar-refractivity contribution >= 4 is 10.1 Å². The molecule has 0 aliphatic heterocycles. The number of hydrogen-bond acceptors (Lipinski definition) is 6. The number of aryl methyl sites for hydroxylation is 2. The van der Waals surface area contributed by atoms with Crippen LogP contribution >= 0.6 is 0 Å². The van der Waals surface area contributed by atoms with Crippen LogP contribution in [0.3, 0.4) is 0 Å². The van der Waals surface area contributed by atoms with Crippen molar-refractivity contribution in [1.82, 2.24) is 15.1 Å². The molecule has 0 radical (unpaired) electrons. The van der Waals surface area contributed by atoms with Crippen LogP contribution in [0, 0.1) is 6.92 Å². The molecule has 0 spiro atoms. The first-order chi connectivity index (χ1) is 9.52. The van der Waals surface area contributed by atoms with Crippen molar-refractivity contribution < 1.29 is 17.3 Å². The van der Waals surface area contributed by atoms with Gasteiger partial charge in [-0.3, -0.25) is 4.18 Å². The van der Waals surface area contributed by atoms with Crippen molar-refractivity contribution in [2.24, 2.45) is 0 Å². The number of aromatic nitrogens is 4. The fraction of sp³-hybridized carbons (Fsp3) is 0.333. The molecule has 106 valence electrons. The van der Waals surface area contributed by atoms with E-state index in [-0.39, 0.29) is 12.3 Å². The third kappa shape index (κ3) is 3.55. The largest absolute Gasteiger partial charge is 0.273 e. The molecule has 20 heavy (non-hydrogen) atoms. The minimum absolute atomic E-state index is 0.123. The maximum Gasteiger partial charge on any atom is 0.273 e. The Morgan fingerprint density at radius 2 is 2.00 bits per heavy atom. The van der Waals surface area contributed by atoms with Gasteiger partial charge in [0.25, 0.3) is 10.1 Å². The Labute approximate surface area is 117 Å². The van der Waals surface area contributed by atoms with Gasteiger partial charge in [0.2, 0.25) is 0 Å². The SMILES string of the molecule is COS(=O)(=O)CC[n+]1cc(C)c(-c2ncccn2)cn1. The van der Waals surface area contributed by atoms with Crippen molar-refractivity contribution in [2.45, 2.75) is 13.5 Å². The molecule has 2 aromatic heterocycles. The minimum Gasteiger partial charge on any atom is -0.273 e. The van der Waals surface area contributed by atoms with Gasteiger partial charge in [0.15, 0.2) is 18.6 Å². The first kappa shape index (κ1) is 14.5. The molecule has 0 aliphatic carbocycles. The fourth-order valence-electron chi connectivity index (χ4n) is 1.64. The number of hydrogen-bond donors (Lipinski definition) is 0. The lowest BCUT2D eigenvalue weighted by Gasteiger charge is -2.02. The normalized spacial score (nSPS) is 11.5. The van der Waals surface area contributed by atoms with Crippen LogP contribution < -0.4 is 4.68 Å². The standard InChI is InChI=1S/C12H15N4O3S/c1-10-9-16(6-7-20(17,18)19-2)15-8-11(10)12-13-4-3-5-14-12/h3-5,8-9H,6-7H2,1-2H3/q+1. The third-order valence-electron chi connectivity index (χ3n) is 2.73. The zero-order chi connectivity index (χ0) is 14.6. The van der Waals surface area contributed by atoms with E-state index in [2.05, 4.69) is 19.2 Å². The molecule has 0 fully saturated rings. The van der Waals surface area contributed by atoms with Crippen LogP contribution in [0.2, 0.25) is 0 Å². The van der Waals surface area contributed by atoms with Crippen molar-refractivity contribution in [1.29, 1.82) is 0 Å². The summed E-state index contributed by atoms with van der Waals surface area (Å²) in [6, 6.07) is 1.74. The summed E-state index contributed by atoms with van der Waals surface area (Å²) in [5.41, 5.74) is 1.73. The van der Waals surface area contributed by atoms with E-state index in [1.165, 1.54) is 0 Å². The molecule has 7 nitrogen and oxygen atoms in total. The molecule has 0 bridgehead atoms. The van der Waals surface area contributed by atoms with E-state index in [0.717, 1.165) is 18.2 Å². The molecule has 2 aromatic rings. The van der Waals surface area contributed by atoms with Crippen LogP contribution in [0.25, 0.3) is 11.4 Å². The summed E-state index contributed by atoms with van der Waals surface area (Å²) >= 11 is 0. The molecule has 2 rings (SSSR count). The Bertz CT molecular complexity index is 689. The second kappa shape index (κ2) is 6.02. The molecule has 0 saturated heterocycles. The molecule has 8 heteroatoms. The third-order valence-corrected chi connectivity index (χ3v) is 3.92. The molecule has 0 unspecified atom stereocenters. The van der Waals surface area contributed by atoms with Gasteiger partial charge < -0.3 is 0 Å². The summed E-state index contributed by atoms with van der Waals surface area (Å²) < 4.78 is 28.5. The summed E-state index contributed by atoms with van der Waals surface area (Å²) in [4.78, 5) is 8.32. The van der Waals surface area contributed by atoms with Crippen LogP contribution in [-0.4, -0.2) is 36.3 Å². The van der Waals surface area contributed by atoms with Gasteiger partial charge in [0.05, 0.1) is 12.7 Å². The molecule has 0 saturated carbocycles. The van der Waals surface area contributed by atoms with Gasteiger partial charge in [-0.25, -0.2) is 9.97 Å². The van der Waals surface area contributed by atoms with E-state index < -0.39 is 10.1 Å². The average Bonchev–Trinajstić information content (AvgIpc) is 2.46. The van der Waals surface area contributed by atoms with Gasteiger partial charge in [-0.2, -0.15) is 8.42 Å². The second-order valence-electron chi connectivity index (χ2n) is 4.13. The van der Waals surface area contributed by atoms with Crippen LogP contribution in [0.15, 0.2) is 30.9 Å². The lowest BCUT2D eigenvalue weighted by atomic mass is 10.2. The first-order valence-electron chi connectivity index (χ1n) is 5.94. The highest BCUT2D eigenvalue weighted by atomic mass is 32.2.